The second-order valence-corrected chi connectivity index (χ2v) is 4.48. The van der Waals surface area contributed by atoms with Crippen molar-refractivity contribution in [1.82, 2.24) is 15.0 Å². The normalized spacial score (nSPS) is 11.1. The van der Waals surface area contributed by atoms with Gasteiger partial charge in [-0.25, -0.2) is 4.68 Å². The minimum Gasteiger partial charge on any atom is -0.325 e. The van der Waals surface area contributed by atoms with Gasteiger partial charge in [0, 0.05) is 6.54 Å². The molecule has 0 unspecified atom stereocenters. The minimum atomic E-state index is 0.469. The van der Waals surface area contributed by atoms with Crippen LogP contribution in [0.1, 0.15) is 36.6 Å². The predicted octanol–water partition coefficient (Wildman–Crippen LogP) is 1.91. The summed E-state index contributed by atoms with van der Waals surface area (Å²) in [7, 11) is 0. The first kappa shape index (κ1) is 11.8. The smallest absolute Gasteiger partial charge is 0.0738 e. The van der Waals surface area contributed by atoms with Crippen molar-refractivity contribution in [2.75, 3.05) is 0 Å². The van der Waals surface area contributed by atoms with E-state index in [1.807, 2.05) is 4.68 Å². The average Bonchev–Trinajstić information content (AvgIpc) is 2.77. The monoisotopic (exact) mass is 230 g/mol. The first-order chi connectivity index (χ1) is 8.20. The first-order valence-electron chi connectivity index (χ1n) is 5.87. The number of hydrogen-bond donors (Lipinski definition) is 1. The van der Waals surface area contributed by atoms with E-state index in [0.717, 1.165) is 12.2 Å². The quantitative estimate of drug-likeness (QED) is 0.872. The highest BCUT2D eigenvalue weighted by Gasteiger charge is 2.03. The van der Waals surface area contributed by atoms with Crippen LogP contribution in [-0.4, -0.2) is 15.0 Å². The standard InChI is InChI=1S/C13H18N4/c1-10(2)12-5-3-11(4-6-12)9-17-13(7-14)8-15-16-17/h3-6,8,10H,7,9,14H2,1-2H3. The zero-order valence-electron chi connectivity index (χ0n) is 10.3. The van der Waals surface area contributed by atoms with Gasteiger partial charge in [0.25, 0.3) is 0 Å². The molecule has 0 atom stereocenters. The lowest BCUT2D eigenvalue weighted by molar-refractivity contribution is 0.619. The van der Waals surface area contributed by atoms with Crippen molar-refractivity contribution in [3.63, 3.8) is 0 Å². The van der Waals surface area contributed by atoms with E-state index >= 15 is 0 Å². The fourth-order valence-corrected chi connectivity index (χ4v) is 1.75. The average molecular weight is 230 g/mol. The van der Waals surface area contributed by atoms with E-state index in [-0.39, 0.29) is 0 Å². The van der Waals surface area contributed by atoms with Crippen LogP contribution in [0.3, 0.4) is 0 Å². The molecule has 0 aliphatic carbocycles. The molecule has 2 aromatic rings. The van der Waals surface area contributed by atoms with Crippen LogP contribution in [0.25, 0.3) is 0 Å². The molecule has 0 bridgehead atoms. The Morgan fingerprint density at radius 2 is 1.94 bits per heavy atom. The molecule has 1 aromatic heterocycles. The Labute approximate surface area is 101 Å². The summed E-state index contributed by atoms with van der Waals surface area (Å²) in [4.78, 5) is 0. The molecular formula is C13H18N4. The van der Waals surface area contributed by atoms with E-state index < -0.39 is 0 Å². The third-order valence-electron chi connectivity index (χ3n) is 2.89. The van der Waals surface area contributed by atoms with Crippen LogP contribution in [0.4, 0.5) is 0 Å². The molecule has 0 saturated heterocycles. The van der Waals surface area contributed by atoms with Gasteiger partial charge in [-0.05, 0) is 17.0 Å². The predicted molar refractivity (Wildman–Crippen MR) is 67.5 cm³/mol. The van der Waals surface area contributed by atoms with Gasteiger partial charge in [-0.15, -0.1) is 5.10 Å². The van der Waals surface area contributed by atoms with Gasteiger partial charge in [0.2, 0.25) is 0 Å². The molecule has 90 valence electrons. The van der Waals surface area contributed by atoms with Crippen molar-refractivity contribution in [3.8, 4) is 0 Å². The Balaban J connectivity index is 2.14. The molecule has 0 aliphatic heterocycles. The molecule has 0 aliphatic rings. The summed E-state index contributed by atoms with van der Waals surface area (Å²) in [6.45, 7) is 5.58. The second-order valence-electron chi connectivity index (χ2n) is 4.48. The third kappa shape index (κ3) is 2.71. The van der Waals surface area contributed by atoms with E-state index in [0.29, 0.717) is 12.5 Å². The molecule has 0 spiro atoms. The molecule has 17 heavy (non-hydrogen) atoms. The zero-order chi connectivity index (χ0) is 12.3. The van der Waals surface area contributed by atoms with Gasteiger partial charge < -0.3 is 5.73 Å². The maximum absolute atomic E-state index is 5.61. The number of nitrogens with zero attached hydrogens (tertiary/aromatic N) is 3. The van der Waals surface area contributed by atoms with Crippen LogP contribution in [0.5, 0.6) is 0 Å². The van der Waals surface area contributed by atoms with Gasteiger partial charge in [-0.2, -0.15) is 0 Å². The highest BCUT2D eigenvalue weighted by atomic mass is 15.4. The SMILES string of the molecule is CC(C)c1ccc(Cn2nncc2CN)cc1. The van der Waals surface area contributed by atoms with Gasteiger partial charge in [-0.3, -0.25) is 0 Å². The Kier molecular flexibility index (Phi) is 3.54. The fourth-order valence-electron chi connectivity index (χ4n) is 1.75. The first-order valence-corrected chi connectivity index (χ1v) is 5.87. The highest BCUT2D eigenvalue weighted by Crippen LogP contribution is 2.15. The second kappa shape index (κ2) is 5.10. The van der Waals surface area contributed by atoms with Gasteiger partial charge in [0.05, 0.1) is 18.4 Å². The van der Waals surface area contributed by atoms with E-state index in [4.69, 9.17) is 5.73 Å². The van der Waals surface area contributed by atoms with E-state index in [2.05, 4.69) is 48.4 Å². The molecule has 0 amide bonds. The number of hydrogen-bond acceptors (Lipinski definition) is 3. The van der Waals surface area contributed by atoms with Crippen molar-refractivity contribution in [3.05, 3.63) is 47.3 Å². The largest absolute Gasteiger partial charge is 0.325 e. The van der Waals surface area contributed by atoms with Crippen molar-refractivity contribution in [2.24, 2.45) is 5.73 Å². The summed E-state index contributed by atoms with van der Waals surface area (Å²) < 4.78 is 1.84. The number of rotatable bonds is 4. The Bertz CT molecular complexity index is 470. The topological polar surface area (TPSA) is 56.7 Å². The molecule has 2 rings (SSSR count). The summed E-state index contributed by atoms with van der Waals surface area (Å²) in [5.74, 6) is 0.565. The molecular weight excluding hydrogens is 212 g/mol. The van der Waals surface area contributed by atoms with Gasteiger partial charge in [0.15, 0.2) is 0 Å². The lowest BCUT2D eigenvalue weighted by atomic mass is 10.0. The summed E-state index contributed by atoms with van der Waals surface area (Å²) in [5, 5.41) is 7.89. The molecule has 0 saturated carbocycles. The van der Waals surface area contributed by atoms with Gasteiger partial charge in [-0.1, -0.05) is 43.3 Å². The van der Waals surface area contributed by atoms with Gasteiger partial charge >= 0.3 is 0 Å². The summed E-state index contributed by atoms with van der Waals surface area (Å²) in [5.41, 5.74) is 9.14. The van der Waals surface area contributed by atoms with Crippen molar-refractivity contribution >= 4 is 0 Å². The number of aromatic nitrogens is 3. The van der Waals surface area contributed by atoms with Crippen molar-refractivity contribution in [2.45, 2.75) is 32.9 Å². The lowest BCUT2D eigenvalue weighted by Crippen LogP contribution is -2.09. The third-order valence-corrected chi connectivity index (χ3v) is 2.89. The van der Waals surface area contributed by atoms with E-state index in [1.165, 1.54) is 11.1 Å². The molecule has 1 heterocycles. The van der Waals surface area contributed by atoms with E-state index in [9.17, 15) is 0 Å². The highest BCUT2D eigenvalue weighted by molar-refractivity contribution is 5.24. The molecule has 2 N–H and O–H groups in total. The molecule has 0 radical (unpaired) electrons. The molecule has 4 heteroatoms. The summed E-state index contributed by atoms with van der Waals surface area (Å²) >= 11 is 0. The van der Waals surface area contributed by atoms with Gasteiger partial charge in [0.1, 0.15) is 0 Å². The maximum atomic E-state index is 5.61. The van der Waals surface area contributed by atoms with E-state index in [1.54, 1.807) is 6.20 Å². The maximum Gasteiger partial charge on any atom is 0.0738 e. The van der Waals surface area contributed by atoms with Crippen LogP contribution >= 0.6 is 0 Å². The number of nitrogens with two attached hydrogens (primary N) is 1. The van der Waals surface area contributed by atoms with Crippen molar-refractivity contribution < 1.29 is 0 Å². The van der Waals surface area contributed by atoms with Crippen molar-refractivity contribution in [1.29, 1.82) is 0 Å². The molecule has 0 fully saturated rings. The minimum absolute atomic E-state index is 0.469. The number of benzene rings is 1. The van der Waals surface area contributed by atoms with Crippen LogP contribution in [0.15, 0.2) is 30.5 Å². The Morgan fingerprint density at radius 1 is 1.24 bits per heavy atom. The van der Waals surface area contributed by atoms with Crippen LogP contribution < -0.4 is 5.73 Å². The van der Waals surface area contributed by atoms with Crippen LogP contribution in [0.2, 0.25) is 0 Å². The summed E-state index contributed by atoms with van der Waals surface area (Å²) in [6.07, 6.45) is 1.71. The summed E-state index contributed by atoms with van der Waals surface area (Å²) in [6, 6.07) is 8.60. The van der Waals surface area contributed by atoms with Crippen LogP contribution in [0, 0.1) is 0 Å². The Morgan fingerprint density at radius 3 is 2.53 bits per heavy atom. The molecule has 1 aromatic carbocycles. The Hall–Kier alpha value is -1.68. The fraction of sp³-hybridized carbons (Fsp3) is 0.385. The zero-order valence-corrected chi connectivity index (χ0v) is 10.3. The van der Waals surface area contributed by atoms with Crippen LogP contribution in [-0.2, 0) is 13.1 Å². The molecule has 4 nitrogen and oxygen atoms in total. The lowest BCUT2D eigenvalue weighted by Gasteiger charge is -2.08.